The van der Waals surface area contributed by atoms with Gasteiger partial charge in [0.25, 0.3) is 11.8 Å². The molecule has 0 spiro atoms. The van der Waals surface area contributed by atoms with E-state index in [4.69, 9.17) is 6.42 Å². The van der Waals surface area contributed by atoms with E-state index in [1.165, 1.54) is 29.6 Å². The SMILES string of the molecule is C#CCCC(NC(=O)[C@@H]1[C@@H]2[C@H](CN1C(=O)[C@@H](NC(=O)[C@@H](NC(=O)c1cnccn1)C1CCCCC1)C(C)(C)C)C2(C)C)C(=O)C(=O)NCC=C. The molecule has 4 rings (SSSR count). The summed E-state index contributed by atoms with van der Waals surface area (Å²) >= 11 is 0. The van der Waals surface area contributed by atoms with Gasteiger partial charge in [0, 0.05) is 31.9 Å². The number of amides is 5. The lowest BCUT2D eigenvalue weighted by atomic mass is 9.82. The van der Waals surface area contributed by atoms with Gasteiger partial charge in [0.1, 0.15) is 23.8 Å². The third-order valence-corrected chi connectivity index (χ3v) is 10.5. The minimum Gasteiger partial charge on any atom is -0.346 e. The standard InChI is InChI=1S/C37H51N7O6/c1-8-10-16-24(29(45)34(49)40-17-9-2)41-33(48)28-26-23(37(26,6)7)21-44(28)35(50)30(36(3,4)5)43-32(47)27(22-14-12-11-13-15-22)42-31(46)25-20-38-18-19-39-25/h1,9,18-20,22-24,26-28,30H,2,10-17,21H2,3-7H3,(H,40,49)(H,41,48)(H,42,46)(H,43,47)/t23-,24?,26-,27-,28-,30+/m0/s1. The highest BCUT2D eigenvalue weighted by Gasteiger charge is 2.70. The number of carbonyl (C=O) groups excluding carboxylic acids is 6. The number of likely N-dealkylation sites (tertiary alicyclic amines) is 1. The van der Waals surface area contributed by atoms with E-state index < -0.39 is 64.9 Å². The van der Waals surface area contributed by atoms with Crippen LogP contribution in [0.2, 0.25) is 0 Å². The number of rotatable bonds is 14. The van der Waals surface area contributed by atoms with Gasteiger partial charge in [-0.25, -0.2) is 4.98 Å². The zero-order valence-electron chi connectivity index (χ0n) is 29.8. The van der Waals surface area contributed by atoms with Gasteiger partial charge in [0.2, 0.25) is 23.5 Å². The first-order valence-corrected chi connectivity index (χ1v) is 17.5. The monoisotopic (exact) mass is 689 g/mol. The molecule has 2 heterocycles. The van der Waals surface area contributed by atoms with E-state index >= 15 is 0 Å². The second-order valence-corrected chi connectivity index (χ2v) is 15.3. The molecule has 6 atom stereocenters. The van der Waals surface area contributed by atoms with Crippen LogP contribution in [-0.4, -0.2) is 87.4 Å². The van der Waals surface area contributed by atoms with E-state index in [0.29, 0.717) is 0 Å². The molecule has 1 saturated heterocycles. The first kappa shape index (κ1) is 38.2. The molecule has 4 N–H and O–H groups in total. The molecule has 1 aliphatic heterocycles. The number of piperidine rings is 1. The zero-order chi connectivity index (χ0) is 36.8. The summed E-state index contributed by atoms with van der Waals surface area (Å²) in [6, 6.07) is -4.09. The molecule has 2 saturated carbocycles. The average molecular weight is 690 g/mol. The first-order valence-electron chi connectivity index (χ1n) is 17.5. The molecule has 1 aromatic heterocycles. The molecule has 0 aromatic carbocycles. The van der Waals surface area contributed by atoms with Crippen LogP contribution in [-0.2, 0) is 24.0 Å². The minimum absolute atomic E-state index is 0.0236. The lowest BCUT2D eigenvalue weighted by Crippen LogP contribution is -2.62. The van der Waals surface area contributed by atoms with Crippen molar-refractivity contribution in [3.05, 3.63) is 36.9 Å². The second-order valence-electron chi connectivity index (χ2n) is 15.3. The maximum absolute atomic E-state index is 14.5. The lowest BCUT2D eigenvalue weighted by Gasteiger charge is -2.39. The molecule has 0 bridgehead atoms. The number of ketones is 1. The van der Waals surface area contributed by atoms with Crippen LogP contribution in [0.3, 0.4) is 0 Å². The molecular weight excluding hydrogens is 638 g/mol. The zero-order valence-corrected chi connectivity index (χ0v) is 29.8. The van der Waals surface area contributed by atoms with Gasteiger partial charge in [-0.1, -0.05) is 60.0 Å². The van der Waals surface area contributed by atoms with Crippen LogP contribution in [0, 0.1) is 40.9 Å². The highest BCUT2D eigenvalue weighted by Crippen LogP contribution is 2.65. The van der Waals surface area contributed by atoms with Gasteiger partial charge in [-0.3, -0.25) is 33.8 Å². The van der Waals surface area contributed by atoms with E-state index in [1.54, 1.807) is 0 Å². The highest BCUT2D eigenvalue weighted by molar-refractivity contribution is 6.38. The lowest BCUT2D eigenvalue weighted by molar-refractivity contribution is -0.147. The molecule has 50 heavy (non-hydrogen) atoms. The molecule has 3 aliphatic rings. The van der Waals surface area contributed by atoms with E-state index in [1.807, 2.05) is 34.6 Å². The van der Waals surface area contributed by atoms with Crippen molar-refractivity contribution in [2.24, 2.45) is 28.6 Å². The van der Waals surface area contributed by atoms with Crippen LogP contribution in [0.15, 0.2) is 31.2 Å². The van der Waals surface area contributed by atoms with Crippen molar-refractivity contribution in [1.82, 2.24) is 36.1 Å². The quantitative estimate of drug-likeness (QED) is 0.130. The van der Waals surface area contributed by atoms with Crippen molar-refractivity contribution in [2.75, 3.05) is 13.1 Å². The van der Waals surface area contributed by atoms with E-state index in [2.05, 4.69) is 43.7 Å². The Labute approximate surface area is 294 Å². The molecule has 270 valence electrons. The predicted molar refractivity (Wildman–Crippen MR) is 186 cm³/mol. The third kappa shape index (κ3) is 8.57. The van der Waals surface area contributed by atoms with Crippen LogP contribution in [0.4, 0.5) is 0 Å². The number of aromatic nitrogens is 2. The Morgan fingerprint density at radius 2 is 1.78 bits per heavy atom. The Morgan fingerprint density at radius 3 is 2.38 bits per heavy atom. The van der Waals surface area contributed by atoms with Crippen molar-refractivity contribution < 1.29 is 28.8 Å². The largest absolute Gasteiger partial charge is 0.346 e. The Kier molecular flexibility index (Phi) is 12.2. The van der Waals surface area contributed by atoms with Gasteiger partial charge >= 0.3 is 0 Å². The number of hydrogen-bond donors (Lipinski definition) is 4. The summed E-state index contributed by atoms with van der Waals surface area (Å²) in [6.07, 6.45) is 15.6. The summed E-state index contributed by atoms with van der Waals surface area (Å²) in [5, 5.41) is 11.0. The Balaban J connectivity index is 1.58. The maximum Gasteiger partial charge on any atom is 0.289 e. The van der Waals surface area contributed by atoms with Gasteiger partial charge < -0.3 is 26.2 Å². The van der Waals surface area contributed by atoms with Gasteiger partial charge in [-0.05, 0) is 47.8 Å². The van der Waals surface area contributed by atoms with Crippen LogP contribution < -0.4 is 21.3 Å². The van der Waals surface area contributed by atoms with Crippen LogP contribution in [0.25, 0.3) is 0 Å². The molecule has 1 unspecified atom stereocenters. The average Bonchev–Trinajstić information content (AvgIpc) is 3.39. The van der Waals surface area contributed by atoms with Crippen molar-refractivity contribution in [1.29, 1.82) is 0 Å². The van der Waals surface area contributed by atoms with Crippen molar-refractivity contribution >= 4 is 35.3 Å². The molecule has 2 aliphatic carbocycles. The topological polar surface area (TPSA) is 180 Å². The number of nitrogens with one attached hydrogen (secondary N) is 4. The van der Waals surface area contributed by atoms with Gasteiger partial charge in [0.15, 0.2) is 0 Å². The van der Waals surface area contributed by atoms with Gasteiger partial charge in [-0.2, -0.15) is 0 Å². The summed E-state index contributed by atoms with van der Waals surface area (Å²) in [6.45, 7) is 13.5. The minimum atomic E-state index is -1.19. The molecule has 3 fully saturated rings. The number of carbonyl (C=O) groups is 6. The molecule has 13 heteroatoms. The highest BCUT2D eigenvalue weighted by atomic mass is 16.2. The predicted octanol–water partition coefficient (Wildman–Crippen LogP) is 1.94. The Bertz CT molecular complexity index is 1510. The van der Waals surface area contributed by atoms with E-state index in [0.717, 1.165) is 32.1 Å². The van der Waals surface area contributed by atoms with Crippen molar-refractivity contribution in [3.63, 3.8) is 0 Å². The fourth-order valence-electron chi connectivity index (χ4n) is 7.52. The van der Waals surface area contributed by atoms with Gasteiger partial charge in [0.05, 0.1) is 12.2 Å². The Morgan fingerprint density at radius 1 is 1.08 bits per heavy atom. The molecular formula is C37H51N7O6. The fourth-order valence-corrected chi connectivity index (χ4v) is 7.52. The van der Waals surface area contributed by atoms with Gasteiger partial charge in [-0.15, -0.1) is 18.9 Å². The van der Waals surface area contributed by atoms with Crippen LogP contribution in [0.1, 0.15) is 90.1 Å². The smallest absolute Gasteiger partial charge is 0.289 e. The summed E-state index contributed by atoms with van der Waals surface area (Å²) in [7, 11) is 0. The molecule has 1 aromatic rings. The van der Waals surface area contributed by atoms with Crippen LogP contribution in [0.5, 0.6) is 0 Å². The number of Topliss-reactive ketones (excluding diaryl/α,β-unsaturated/α-hetero) is 1. The summed E-state index contributed by atoms with van der Waals surface area (Å²) < 4.78 is 0. The summed E-state index contributed by atoms with van der Waals surface area (Å²) in [5.41, 5.74) is -0.943. The molecule has 13 nitrogen and oxygen atoms in total. The molecule has 0 radical (unpaired) electrons. The Hall–Kier alpha value is -4.60. The first-order chi connectivity index (χ1) is 23.6. The van der Waals surface area contributed by atoms with Crippen molar-refractivity contribution in [3.8, 4) is 12.3 Å². The van der Waals surface area contributed by atoms with E-state index in [-0.39, 0.29) is 54.8 Å². The third-order valence-electron chi connectivity index (χ3n) is 10.5. The number of nitrogens with zero attached hydrogens (tertiary/aromatic N) is 3. The number of hydrogen-bond acceptors (Lipinski definition) is 8. The summed E-state index contributed by atoms with van der Waals surface area (Å²) in [4.78, 5) is 91.0. The van der Waals surface area contributed by atoms with E-state index in [9.17, 15) is 28.8 Å². The molecule has 5 amide bonds. The number of terminal acetylenes is 1. The maximum atomic E-state index is 14.5. The number of fused-ring (bicyclic) bond motifs is 1. The van der Waals surface area contributed by atoms with Crippen molar-refractivity contribution in [2.45, 2.75) is 104 Å². The normalized spacial score (nSPS) is 22.8. The fraction of sp³-hybridized carbons (Fsp3) is 0.622. The summed E-state index contributed by atoms with van der Waals surface area (Å²) in [5.74, 6) is -1.58. The van der Waals surface area contributed by atoms with Crippen LogP contribution >= 0.6 is 0 Å². The second kappa shape index (κ2) is 16.0.